The maximum absolute atomic E-state index is 14.1. The highest BCUT2D eigenvalue weighted by Crippen LogP contribution is 2.39. The molecule has 35 heavy (non-hydrogen) atoms. The van der Waals surface area contributed by atoms with E-state index in [4.69, 9.17) is 23.7 Å². The van der Waals surface area contributed by atoms with E-state index in [2.05, 4.69) is 4.72 Å². The molecular weight excluding hydrogens is 477 g/mol. The van der Waals surface area contributed by atoms with E-state index in [1.54, 1.807) is 36.4 Å². The van der Waals surface area contributed by atoms with Gasteiger partial charge < -0.3 is 23.7 Å². The number of anilines is 1. The second-order valence-corrected chi connectivity index (χ2v) is 8.84. The molecule has 8 nitrogen and oxygen atoms in total. The minimum Gasteiger partial charge on any atom is -0.495 e. The van der Waals surface area contributed by atoms with Gasteiger partial charge in [-0.25, -0.2) is 12.8 Å². The normalized spacial score (nSPS) is 11.3. The number of nitrogens with one attached hydrogen (secondary N) is 1. The first kappa shape index (κ1) is 25.7. The largest absolute Gasteiger partial charge is 0.495 e. The van der Waals surface area contributed by atoms with Crippen molar-refractivity contribution >= 4 is 27.9 Å². The van der Waals surface area contributed by atoms with Gasteiger partial charge in [0, 0.05) is 0 Å². The van der Waals surface area contributed by atoms with Gasteiger partial charge in [0.05, 0.1) is 46.1 Å². The molecule has 3 rings (SSSR count). The van der Waals surface area contributed by atoms with Crippen molar-refractivity contribution in [2.24, 2.45) is 0 Å². The van der Waals surface area contributed by atoms with Crippen LogP contribution in [0.3, 0.4) is 0 Å². The number of methoxy groups -OCH3 is 5. The second-order valence-electron chi connectivity index (χ2n) is 7.15. The highest BCUT2D eigenvalue weighted by molar-refractivity contribution is 7.92. The molecule has 0 unspecified atom stereocenters. The van der Waals surface area contributed by atoms with Crippen LogP contribution < -0.4 is 28.4 Å². The summed E-state index contributed by atoms with van der Waals surface area (Å²) in [5.41, 5.74) is 1.64. The third-order valence-electron chi connectivity index (χ3n) is 5.06. The molecule has 0 bridgehead atoms. The van der Waals surface area contributed by atoms with Crippen molar-refractivity contribution < 1.29 is 36.5 Å². The molecule has 3 aromatic carbocycles. The molecule has 0 fully saturated rings. The summed E-state index contributed by atoms with van der Waals surface area (Å²) in [6.07, 6.45) is 3.59. The Kier molecular flexibility index (Phi) is 8.08. The summed E-state index contributed by atoms with van der Waals surface area (Å²) in [4.78, 5) is -0.253. The van der Waals surface area contributed by atoms with Gasteiger partial charge in [0.1, 0.15) is 5.75 Å². The first-order valence-electron chi connectivity index (χ1n) is 10.3. The number of ether oxygens (including phenoxy) is 5. The van der Waals surface area contributed by atoms with Crippen LogP contribution in [0.4, 0.5) is 10.1 Å². The van der Waals surface area contributed by atoms with Crippen molar-refractivity contribution in [2.45, 2.75) is 4.90 Å². The summed E-state index contributed by atoms with van der Waals surface area (Å²) in [5, 5.41) is 0. The molecule has 0 aliphatic rings. The summed E-state index contributed by atoms with van der Waals surface area (Å²) >= 11 is 0. The van der Waals surface area contributed by atoms with Crippen molar-refractivity contribution in [3.8, 4) is 28.7 Å². The van der Waals surface area contributed by atoms with Crippen molar-refractivity contribution in [2.75, 3.05) is 40.3 Å². The molecular formula is C25H26FNO7S. The Labute approximate surface area is 203 Å². The lowest BCUT2D eigenvalue weighted by molar-refractivity contribution is 0.324. The third-order valence-corrected chi connectivity index (χ3v) is 6.42. The average molecular weight is 504 g/mol. The zero-order valence-corrected chi connectivity index (χ0v) is 20.7. The van der Waals surface area contributed by atoms with E-state index in [1.807, 2.05) is 6.08 Å². The number of halogens is 1. The van der Waals surface area contributed by atoms with Crippen molar-refractivity contribution in [3.63, 3.8) is 0 Å². The highest BCUT2D eigenvalue weighted by Gasteiger charge is 2.19. The van der Waals surface area contributed by atoms with Crippen LogP contribution in [-0.4, -0.2) is 44.0 Å². The van der Waals surface area contributed by atoms with Crippen LogP contribution in [0, 0.1) is 5.82 Å². The van der Waals surface area contributed by atoms with Crippen molar-refractivity contribution in [3.05, 3.63) is 65.5 Å². The average Bonchev–Trinajstić information content (AvgIpc) is 2.86. The van der Waals surface area contributed by atoms with Gasteiger partial charge in [0.15, 0.2) is 23.1 Å². The van der Waals surface area contributed by atoms with Gasteiger partial charge in [-0.1, -0.05) is 18.2 Å². The molecule has 3 aromatic rings. The highest BCUT2D eigenvalue weighted by atomic mass is 32.2. The Morgan fingerprint density at radius 3 is 1.80 bits per heavy atom. The Morgan fingerprint density at radius 2 is 1.26 bits per heavy atom. The van der Waals surface area contributed by atoms with Gasteiger partial charge in [-0.3, -0.25) is 4.72 Å². The second kappa shape index (κ2) is 11.0. The van der Waals surface area contributed by atoms with Gasteiger partial charge in [0.2, 0.25) is 5.75 Å². The van der Waals surface area contributed by atoms with E-state index in [9.17, 15) is 12.8 Å². The van der Waals surface area contributed by atoms with Crippen LogP contribution in [0.1, 0.15) is 11.1 Å². The maximum Gasteiger partial charge on any atom is 0.262 e. The summed E-state index contributed by atoms with van der Waals surface area (Å²) < 4.78 is 68.5. The molecule has 0 aliphatic heterocycles. The van der Waals surface area contributed by atoms with Crippen LogP contribution in [0.5, 0.6) is 28.7 Å². The third kappa shape index (κ3) is 5.78. The van der Waals surface area contributed by atoms with Crippen molar-refractivity contribution in [1.29, 1.82) is 0 Å². The van der Waals surface area contributed by atoms with Crippen LogP contribution in [0.15, 0.2) is 53.4 Å². The molecule has 0 spiro atoms. The summed E-state index contributed by atoms with van der Waals surface area (Å²) in [6.45, 7) is 0. The fourth-order valence-corrected chi connectivity index (χ4v) is 4.39. The summed E-state index contributed by atoms with van der Waals surface area (Å²) in [6, 6.07) is 11.9. The van der Waals surface area contributed by atoms with E-state index in [0.717, 1.165) is 11.6 Å². The van der Waals surface area contributed by atoms with Gasteiger partial charge >= 0.3 is 0 Å². The molecule has 10 heteroatoms. The zero-order chi connectivity index (χ0) is 25.6. The lowest BCUT2D eigenvalue weighted by atomic mass is 10.1. The smallest absolute Gasteiger partial charge is 0.262 e. The first-order chi connectivity index (χ1) is 16.8. The van der Waals surface area contributed by atoms with Gasteiger partial charge in [-0.05, 0) is 53.6 Å². The minimum absolute atomic E-state index is 0.0551. The molecule has 0 atom stereocenters. The fraction of sp³-hybridized carbons (Fsp3) is 0.200. The van der Waals surface area contributed by atoms with E-state index < -0.39 is 15.8 Å². The topological polar surface area (TPSA) is 92.3 Å². The number of sulfonamides is 1. The van der Waals surface area contributed by atoms with E-state index in [-0.39, 0.29) is 16.3 Å². The fourth-order valence-electron chi connectivity index (χ4n) is 3.32. The monoisotopic (exact) mass is 503 g/mol. The standard InChI is InChI=1S/C25H26FNO7S/c1-30-21-11-9-18(15-19(21)26)35(28,29)27-20-12-16(8-10-22(20)31-2)6-7-17-13-23(32-3)25(34-5)24(14-17)33-4/h6-15,27H,1-5H3. The number of rotatable bonds is 10. The van der Waals surface area contributed by atoms with Gasteiger partial charge in [0.25, 0.3) is 10.0 Å². The maximum atomic E-state index is 14.1. The van der Waals surface area contributed by atoms with E-state index in [1.165, 1.54) is 47.7 Å². The molecule has 0 heterocycles. The SMILES string of the molecule is COc1ccc(S(=O)(=O)Nc2cc(C=Cc3cc(OC)c(OC)c(OC)c3)ccc2OC)cc1F. The van der Waals surface area contributed by atoms with Crippen molar-refractivity contribution in [1.82, 2.24) is 0 Å². The Balaban J connectivity index is 1.93. The van der Waals surface area contributed by atoms with Crippen LogP contribution in [0.2, 0.25) is 0 Å². The number of benzene rings is 3. The van der Waals surface area contributed by atoms with Gasteiger partial charge in [-0.15, -0.1) is 0 Å². The molecule has 0 saturated carbocycles. The summed E-state index contributed by atoms with van der Waals surface area (Å²) in [7, 11) is 3.20. The predicted molar refractivity (Wildman–Crippen MR) is 132 cm³/mol. The van der Waals surface area contributed by atoms with Gasteiger partial charge in [-0.2, -0.15) is 0 Å². The number of hydrogen-bond acceptors (Lipinski definition) is 7. The zero-order valence-electron chi connectivity index (χ0n) is 19.9. The summed E-state index contributed by atoms with van der Waals surface area (Å²) in [5.74, 6) is 0.934. The lowest BCUT2D eigenvalue weighted by Gasteiger charge is -2.14. The predicted octanol–water partition coefficient (Wildman–Crippen LogP) is 4.84. The minimum atomic E-state index is -4.10. The molecule has 0 aromatic heterocycles. The molecule has 0 saturated heterocycles. The quantitative estimate of drug-likeness (QED) is 0.396. The molecule has 0 amide bonds. The Hall–Kier alpha value is -3.92. The van der Waals surface area contributed by atoms with Crippen LogP contribution in [0.25, 0.3) is 12.2 Å². The number of hydrogen-bond donors (Lipinski definition) is 1. The van der Waals surface area contributed by atoms with Crippen LogP contribution in [-0.2, 0) is 10.0 Å². The first-order valence-corrected chi connectivity index (χ1v) is 11.8. The lowest BCUT2D eigenvalue weighted by Crippen LogP contribution is -2.14. The Morgan fingerprint density at radius 1 is 0.686 bits per heavy atom. The van der Waals surface area contributed by atoms with E-state index >= 15 is 0 Å². The Bertz CT molecular complexity index is 1310. The molecule has 0 radical (unpaired) electrons. The molecule has 1 N–H and O–H groups in total. The van der Waals surface area contributed by atoms with Crippen LogP contribution >= 0.6 is 0 Å². The molecule has 0 aliphatic carbocycles. The molecule has 186 valence electrons. The van der Waals surface area contributed by atoms with E-state index in [0.29, 0.717) is 28.6 Å².